The van der Waals surface area contributed by atoms with E-state index in [2.05, 4.69) is 0 Å². The maximum atomic E-state index is 12.8. The Hall–Kier alpha value is -0.650. The molecule has 0 spiro atoms. The lowest BCUT2D eigenvalue weighted by atomic mass is 9.82. The van der Waals surface area contributed by atoms with Gasteiger partial charge in [-0.25, -0.2) is 8.42 Å². The molecule has 0 amide bonds. The molecule has 2 aliphatic carbocycles. The zero-order valence-electron chi connectivity index (χ0n) is 12.7. The molecule has 0 aromatic heterocycles. The lowest BCUT2D eigenvalue weighted by Gasteiger charge is -2.32. The topological polar surface area (TPSA) is 57.4 Å². The lowest BCUT2D eigenvalue weighted by Crippen LogP contribution is -2.40. The minimum absolute atomic E-state index is 0.00534. The van der Waals surface area contributed by atoms with Gasteiger partial charge < -0.3 is 5.11 Å². The van der Waals surface area contributed by atoms with E-state index in [9.17, 15) is 13.5 Å². The predicted octanol–water partition coefficient (Wildman–Crippen LogP) is 2.36. The fraction of sp³-hybridized carbons (Fsp3) is 0.750. The number of rotatable bonds is 4. The van der Waals surface area contributed by atoms with Crippen molar-refractivity contribution in [1.82, 2.24) is 4.31 Å². The number of hydrogen-bond donors (Lipinski definition) is 1. The van der Waals surface area contributed by atoms with Crippen LogP contribution in [0.4, 0.5) is 0 Å². The van der Waals surface area contributed by atoms with Crippen molar-refractivity contribution in [3.8, 4) is 0 Å². The van der Waals surface area contributed by atoms with Gasteiger partial charge >= 0.3 is 0 Å². The van der Waals surface area contributed by atoms with E-state index in [1.807, 2.05) is 18.2 Å². The first-order valence-electron chi connectivity index (χ1n) is 7.95. The summed E-state index contributed by atoms with van der Waals surface area (Å²) in [5, 5.41) is 10.6. The summed E-state index contributed by atoms with van der Waals surface area (Å²) in [4.78, 5) is 0. The molecule has 21 heavy (non-hydrogen) atoms. The molecule has 1 saturated carbocycles. The predicted molar refractivity (Wildman–Crippen MR) is 83.4 cm³/mol. The largest absolute Gasteiger partial charge is 0.390 e. The molecule has 4 nitrogen and oxygen atoms in total. The highest BCUT2D eigenvalue weighted by molar-refractivity contribution is 7.91. The summed E-state index contributed by atoms with van der Waals surface area (Å²) in [7, 11) is -3.33. The van der Waals surface area contributed by atoms with Gasteiger partial charge in [-0.05, 0) is 32.6 Å². The molecule has 1 heterocycles. The third kappa shape index (κ3) is 2.83. The molecule has 5 heteroatoms. The molecular weight excluding hydrogens is 286 g/mol. The average Bonchev–Trinajstić information content (AvgIpc) is 3.19. The molecule has 118 valence electrons. The molecule has 1 saturated heterocycles. The van der Waals surface area contributed by atoms with E-state index >= 15 is 0 Å². The second kappa shape index (κ2) is 5.21. The van der Waals surface area contributed by atoms with Gasteiger partial charge in [0.1, 0.15) is 4.75 Å². The van der Waals surface area contributed by atoms with Crippen molar-refractivity contribution in [1.29, 1.82) is 0 Å². The minimum Gasteiger partial charge on any atom is -0.390 e. The summed E-state index contributed by atoms with van der Waals surface area (Å²) < 4.78 is 26.3. The van der Waals surface area contributed by atoms with Gasteiger partial charge in [0.2, 0.25) is 10.0 Å². The van der Waals surface area contributed by atoms with E-state index in [0.717, 1.165) is 25.7 Å². The fourth-order valence-corrected chi connectivity index (χ4v) is 5.57. The Balaban J connectivity index is 1.67. The van der Waals surface area contributed by atoms with Gasteiger partial charge in [-0.2, -0.15) is 4.31 Å². The highest BCUT2D eigenvalue weighted by Crippen LogP contribution is 2.41. The Morgan fingerprint density at radius 3 is 2.57 bits per heavy atom. The van der Waals surface area contributed by atoms with Crippen molar-refractivity contribution in [2.45, 2.75) is 68.3 Å². The third-order valence-electron chi connectivity index (χ3n) is 5.18. The van der Waals surface area contributed by atoms with Gasteiger partial charge in [0.15, 0.2) is 0 Å². The van der Waals surface area contributed by atoms with E-state index in [-0.39, 0.29) is 6.04 Å². The van der Waals surface area contributed by atoms with Crippen molar-refractivity contribution in [3.05, 3.63) is 24.3 Å². The number of aliphatic hydroxyl groups is 1. The van der Waals surface area contributed by atoms with E-state index in [4.69, 9.17) is 0 Å². The van der Waals surface area contributed by atoms with Crippen LogP contribution < -0.4 is 0 Å². The van der Waals surface area contributed by atoms with Crippen molar-refractivity contribution < 1.29 is 13.5 Å². The number of nitrogens with zero attached hydrogens (tertiary/aromatic N) is 1. The first-order valence-corrected chi connectivity index (χ1v) is 9.39. The van der Waals surface area contributed by atoms with Crippen molar-refractivity contribution in [2.24, 2.45) is 0 Å². The molecule has 0 bridgehead atoms. The molecule has 1 N–H and O–H groups in total. The van der Waals surface area contributed by atoms with Crippen molar-refractivity contribution in [2.75, 3.05) is 6.54 Å². The van der Waals surface area contributed by atoms with Crippen LogP contribution in [0, 0.1) is 0 Å². The van der Waals surface area contributed by atoms with Gasteiger partial charge in [0.25, 0.3) is 0 Å². The summed E-state index contributed by atoms with van der Waals surface area (Å²) in [6.07, 6.45) is 13.5. The molecule has 0 aromatic rings. The number of hydrogen-bond acceptors (Lipinski definition) is 3. The molecule has 3 rings (SSSR count). The van der Waals surface area contributed by atoms with Crippen molar-refractivity contribution in [3.63, 3.8) is 0 Å². The molecule has 3 unspecified atom stereocenters. The fourth-order valence-electron chi connectivity index (χ4n) is 3.64. The lowest BCUT2D eigenvalue weighted by molar-refractivity contribution is -0.00498. The molecule has 3 atom stereocenters. The van der Waals surface area contributed by atoms with Crippen LogP contribution in [0.2, 0.25) is 0 Å². The van der Waals surface area contributed by atoms with Gasteiger partial charge in [0, 0.05) is 12.6 Å². The molecule has 1 aliphatic heterocycles. The van der Waals surface area contributed by atoms with Gasteiger partial charge in [0.05, 0.1) is 5.60 Å². The van der Waals surface area contributed by atoms with Crippen molar-refractivity contribution >= 4 is 10.0 Å². The summed E-state index contributed by atoms with van der Waals surface area (Å²) in [5.41, 5.74) is -0.642. The quantitative estimate of drug-likeness (QED) is 0.811. The SMILES string of the molecule is CC1(S(=O)(=O)N2CC2CC2(O)CCCCC2)C=CC=CC1. The number of allylic oxidation sites excluding steroid dienone is 3. The van der Waals surface area contributed by atoms with E-state index in [1.165, 1.54) is 6.42 Å². The number of sulfonamides is 1. The van der Waals surface area contributed by atoms with Gasteiger partial charge in [-0.3, -0.25) is 0 Å². The van der Waals surface area contributed by atoms with Crippen LogP contribution in [0.1, 0.15) is 51.9 Å². The van der Waals surface area contributed by atoms with Crippen LogP contribution in [-0.2, 0) is 10.0 Å². The Bertz CT molecular complexity index is 560. The van der Waals surface area contributed by atoms with Crippen LogP contribution >= 0.6 is 0 Å². The molecule has 2 fully saturated rings. The summed E-state index contributed by atoms with van der Waals surface area (Å²) >= 11 is 0. The molecule has 3 aliphatic rings. The van der Waals surface area contributed by atoms with Gasteiger partial charge in [-0.15, -0.1) is 0 Å². The summed E-state index contributed by atoms with van der Waals surface area (Å²) in [5.74, 6) is 0. The monoisotopic (exact) mass is 311 g/mol. The second-order valence-electron chi connectivity index (χ2n) is 7.02. The van der Waals surface area contributed by atoms with E-state index < -0.39 is 20.4 Å². The van der Waals surface area contributed by atoms with E-state index in [0.29, 0.717) is 19.4 Å². The van der Waals surface area contributed by atoms with Crippen LogP contribution in [0.3, 0.4) is 0 Å². The zero-order chi connectivity index (χ0) is 15.1. The third-order valence-corrected chi connectivity index (χ3v) is 7.73. The van der Waals surface area contributed by atoms with E-state index in [1.54, 1.807) is 17.3 Å². The first kappa shape index (κ1) is 15.3. The van der Waals surface area contributed by atoms with Gasteiger partial charge in [-0.1, -0.05) is 43.6 Å². The minimum atomic E-state index is -3.33. The Morgan fingerprint density at radius 1 is 1.24 bits per heavy atom. The zero-order valence-corrected chi connectivity index (χ0v) is 13.5. The molecule has 0 aromatic carbocycles. The Kier molecular flexibility index (Phi) is 3.79. The smallest absolute Gasteiger partial charge is 0.223 e. The highest BCUT2D eigenvalue weighted by Gasteiger charge is 2.53. The van der Waals surface area contributed by atoms with Crippen LogP contribution in [0.15, 0.2) is 24.3 Å². The first-order chi connectivity index (χ1) is 9.86. The standard InChI is InChI=1S/C16H25NO3S/c1-15(8-4-2-5-9-15)21(19,20)17-13-14(17)12-16(18)10-6-3-7-11-16/h2,4-5,8,14,18H,3,6-7,9-13H2,1H3. The molecule has 0 radical (unpaired) electrons. The Morgan fingerprint density at radius 2 is 1.95 bits per heavy atom. The molecular formula is C16H25NO3S. The second-order valence-corrected chi connectivity index (χ2v) is 9.37. The normalized spacial score (nSPS) is 38.4. The Labute approximate surface area is 127 Å². The summed E-state index contributed by atoms with van der Waals surface area (Å²) in [6, 6.07) is -0.00534. The van der Waals surface area contributed by atoms with Crippen LogP contribution in [-0.4, -0.2) is 40.8 Å². The maximum Gasteiger partial charge on any atom is 0.223 e. The average molecular weight is 311 g/mol. The summed E-state index contributed by atoms with van der Waals surface area (Å²) in [6.45, 7) is 2.35. The maximum absolute atomic E-state index is 12.8. The van der Waals surface area contributed by atoms with Crippen LogP contribution in [0.25, 0.3) is 0 Å². The van der Waals surface area contributed by atoms with Crippen LogP contribution in [0.5, 0.6) is 0 Å². The highest BCUT2D eigenvalue weighted by atomic mass is 32.2.